The topological polar surface area (TPSA) is 73.1 Å². The number of aromatic nitrogens is 2. The Hall–Kier alpha value is -2.14. The van der Waals surface area contributed by atoms with Crippen LogP contribution in [0.1, 0.15) is 37.7 Å². The second kappa shape index (κ2) is 5.69. The average Bonchev–Trinajstić information content (AvgIpc) is 2.40. The highest BCUT2D eigenvalue weighted by Crippen LogP contribution is 2.28. The fraction of sp³-hybridized carbons (Fsp3) is 0.375. The summed E-state index contributed by atoms with van der Waals surface area (Å²) in [5.74, 6) is 7.95. The van der Waals surface area contributed by atoms with Crippen LogP contribution in [0.25, 0.3) is 0 Å². The molecule has 0 aliphatic heterocycles. The second-order valence-electron chi connectivity index (χ2n) is 6.18. The Morgan fingerprint density at radius 2 is 1.81 bits per heavy atom. The minimum Gasteiger partial charge on any atom is -0.439 e. The van der Waals surface area contributed by atoms with Gasteiger partial charge in [0.1, 0.15) is 17.4 Å². The first kappa shape index (κ1) is 15.3. The Kier molecular flexibility index (Phi) is 4.14. The van der Waals surface area contributed by atoms with Gasteiger partial charge in [0.2, 0.25) is 5.88 Å². The van der Waals surface area contributed by atoms with E-state index in [0.29, 0.717) is 17.5 Å². The van der Waals surface area contributed by atoms with E-state index in [2.05, 4.69) is 28.4 Å². The van der Waals surface area contributed by atoms with Gasteiger partial charge in [0, 0.05) is 11.5 Å². The lowest BCUT2D eigenvalue weighted by Gasteiger charge is -2.18. The number of hydrogen-bond acceptors (Lipinski definition) is 5. The van der Waals surface area contributed by atoms with Gasteiger partial charge in [-0.15, -0.1) is 0 Å². The van der Waals surface area contributed by atoms with E-state index in [4.69, 9.17) is 10.6 Å². The van der Waals surface area contributed by atoms with Gasteiger partial charge in [-0.3, -0.25) is 0 Å². The predicted octanol–water partition coefficient (Wildman–Crippen LogP) is 3.47. The Morgan fingerprint density at radius 3 is 2.38 bits per heavy atom. The molecule has 0 amide bonds. The number of nitrogen functional groups attached to an aromatic ring is 1. The summed E-state index contributed by atoms with van der Waals surface area (Å²) in [6, 6.07) is 7.72. The smallest absolute Gasteiger partial charge is 0.224 e. The molecule has 5 nitrogen and oxygen atoms in total. The standard InChI is InChI=1S/C16H22N4O/c1-10-6-7-12(11(2)8-10)21-14-9-13(20-17)18-15(19-14)16(3,4)5/h6-9H,17H2,1-5H3,(H,18,19,20). The fourth-order valence-electron chi connectivity index (χ4n) is 1.91. The molecule has 3 N–H and O–H groups in total. The first-order valence-electron chi connectivity index (χ1n) is 6.91. The normalized spacial score (nSPS) is 11.3. The van der Waals surface area contributed by atoms with E-state index in [0.717, 1.165) is 11.3 Å². The molecule has 2 rings (SSSR count). The van der Waals surface area contributed by atoms with Crippen molar-refractivity contribution in [2.75, 3.05) is 5.43 Å². The summed E-state index contributed by atoms with van der Waals surface area (Å²) in [6.07, 6.45) is 0. The van der Waals surface area contributed by atoms with Crippen molar-refractivity contribution in [3.05, 3.63) is 41.2 Å². The lowest BCUT2D eigenvalue weighted by Crippen LogP contribution is -2.19. The van der Waals surface area contributed by atoms with Gasteiger partial charge in [0.25, 0.3) is 0 Å². The van der Waals surface area contributed by atoms with Gasteiger partial charge < -0.3 is 10.2 Å². The maximum absolute atomic E-state index is 5.90. The molecule has 112 valence electrons. The largest absolute Gasteiger partial charge is 0.439 e. The van der Waals surface area contributed by atoms with Crippen molar-refractivity contribution < 1.29 is 4.74 Å². The van der Waals surface area contributed by atoms with Gasteiger partial charge in [0.05, 0.1) is 0 Å². The second-order valence-corrected chi connectivity index (χ2v) is 6.18. The number of nitrogens with zero attached hydrogens (tertiary/aromatic N) is 2. The number of aryl methyl sites for hydroxylation is 2. The number of benzene rings is 1. The number of anilines is 1. The Balaban J connectivity index is 2.39. The van der Waals surface area contributed by atoms with Gasteiger partial charge in [0.15, 0.2) is 0 Å². The van der Waals surface area contributed by atoms with Crippen LogP contribution < -0.4 is 16.0 Å². The van der Waals surface area contributed by atoms with Crippen LogP contribution in [0.3, 0.4) is 0 Å². The summed E-state index contributed by atoms with van der Waals surface area (Å²) in [7, 11) is 0. The zero-order chi connectivity index (χ0) is 15.6. The first-order valence-corrected chi connectivity index (χ1v) is 6.91. The maximum Gasteiger partial charge on any atom is 0.224 e. The molecule has 0 unspecified atom stereocenters. The summed E-state index contributed by atoms with van der Waals surface area (Å²) in [6.45, 7) is 10.2. The average molecular weight is 286 g/mol. The van der Waals surface area contributed by atoms with Crippen LogP contribution in [0.2, 0.25) is 0 Å². The van der Waals surface area contributed by atoms with Gasteiger partial charge in [-0.25, -0.2) is 10.8 Å². The van der Waals surface area contributed by atoms with Crippen molar-refractivity contribution in [1.29, 1.82) is 0 Å². The molecule has 1 aromatic carbocycles. The molecule has 0 fully saturated rings. The van der Waals surface area contributed by atoms with E-state index in [1.165, 1.54) is 5.56 Å². The minimum atomic E-state index is -0.187. The summed E-state index contributed by atoms with van der Waals surface area (Å²) in [5.41, 5.74) is 4.63. The molecule has 0 bridgehead atoms. The highest BCUT2D eigenvalue weighted by molar-refractivity contribution is 5.42. The molecule has 0 atom stereocenters. The minimum absolute atomic E-state index is 0.187. The fourth-order valence-corrected chi connectivity index (χ4v) is 1.91. The summed E-state index contributed by atoms with van der Waals surface area (Å²) in [4.78, 5) is 8.86. The number of hydrogen-bond donors (Lipinski definition) is 2. The van der Waals surface area contributed by atoms with Crippen molar-refractivity contribution in [1.82, 2.24) is 9.97 Å². The Morgan fingerprint density at radius 1 is 1.10 bits per heavy atom. The van der Waals surface area contributed by atoms with Crippen molar-refractivity contribution >= 4 is 5.82 Å². The number of ether oxygens (including phenoxy) is 1. The van der Waals surface area contributed by atoms with Crippen LogP contribution in [-0.2, 0) is 5.41 Å². The SMILES string of the molecule is Cc1ccc(Oc2cc(NN)nc(C(C)(C)C)n2)c(C)c1. The molecule has 0 spiro atoms. The molecular weight excluding hydrogens is 264 g/mol. The van der Waals surface area contributed by atoms with Crippen molar-refractivity contribution in [3.63, 3.8) is 0 Å². The van der Waals surface area contributed by atoms with Crippen LogP contribution in [0, 0.1) is 13.8 Å². The van der Waals surface area contributed by atoms with Crippen LogP contribution in [0.15, 0.2) is 24.3 Å². The molecule has 1 heterocycles. The van der Waals surface area contributed by atoms with E-state index >= 15 is 0 Å². The highest BCUT2D eigenvalue weighted by atomic mass is 16.5. The van der Waals surface area contributed by atoms with Crippen LogP contribution in [0.5, 0.6) is 11.6 Å². The summed E-state index contributed by atoms with van der Waals surface area (Å²) >= 11 is 0. The monoisotopic (exact) mass is 286 g/mol. The Labute approximate surface area is 125 Å². The number of nitrogens with one attached hydrogen (secondary N) is 1. The lowest BCUT2D eigenvalue weighted by atomic mass is 9.96. The quantitative estimate of drug-likeness (QED) is 0.667. The molecule has 0 saturated heterocycles. The zero-order valence-corrected chi connectivity index (χ0v) is 13.2. The van der Waals surface area contributed by atoms with Gasteiger partial charge in [-0.05, 0) is 25.5 Å². The van der Waals surface area contributed by atoms with Gasteiger partial charge >= 0.3 is 0 Å². The molecule has 1 aromatic heterocycles. The number of hydrazine groups is 1. The summed E-state index contributed by atoms with van der Waals surface area (Å²) in [5, 5.41) is 0. The lowest BCUT2D eigenvalue weighted by molar-refractivity contribution is 0.443. The molecule has 0 radical (unpaired) electrons. The number of rotatable bonds is 3. The summed E-state index contributed by atoms with van der Waals surface area (Å²) < 4.78 is 5.90. The molecular formula is C16H22N4O. The van der Waals surface area contributed by atoms with Crippen LogP contribution in [-0.4, -0.2) is 9.97 Å². The van der Waals surface area contributed by atoms with E-state index in [-0.39, 0.29) is 5.41 Å². The van der Waals surface area contributed by atoms with E-state index in [1.54, 1.807) is 6.07 Å². The zero-order valence-electron chi connectivity index (χ0n) is 13.2. The Bertz CT molecular complexity index is 647. The van der Waals surface area contributed by atoms with E-state index in [9.17, 15) is 0 Å². The van der Waals surface area contributed by atoms with Crippen molar-refractivity contribution in [3.8, 4) is 11.6 Å². The van der Waals surface area contributed by atoms with Crippen LogP contribution >= 0.6 is 0 Å². The molecule has 0 aliphatic carbocycles. The van der Waals surface area contributed by atoms with Crippen molar-refractivity contribution in [2.45, 2.75) is 40.0 Å². The molecule has 0 aliphatic rings. The predicted molar refractivity (Wildman–Crippen MR) is 84.5 cm³/mol. The van der Waals surface area contributed by atoms with Gasteiger partial charge in [-0.2, -0.15) is 4.98 Å². The third kappa shape index (κ3) is 3.70. The molecule has 21 heavy (non-hydrogen) atoms. The van der Waals surface area contributed by atoms with Crippen LogP contribution in [0.4, 0.5) is 5.82 Å². The van der Waals surface area contributed by atoms with Crippen molar-refractivity contribution in [2.24, 2.45) is 5.84 Å². The maximum atomic E-state index is 5.90. The first-order chi connectivity index (χ1) is 9.79. The third-order valence-corrected chi connectivity index (χ3v) is 3.07. The number of nitrogens with two attached hydrogens (primary N) is 1. The van der Waals surface area contributed by atoms with Gasteiger partial charge in [-0.1, -0.05) is 38.5 Å². The highest BCUT2D eigenvalue weighted by Gasteiger charge is 2.19. The molecule has 0 saturated carbocycles. The van der Waals surface area contributed by atoms with E-state index in [1.807, 2.05) is 39.8 Å². The van der Waals surface area contributed by atoms with E-state index < -0.39 is 0 Å². The molecule has 5 heteroatoms. The third-order valence-electron chi connectivity index (χ3n) is 3.07. The molecule has 2 aromatic rings.